The summed E-state index contributed by atoms with van der Waals surface area (Å²) in [5, 5.41) is 18.3. The van der Waals surface area contributed by atoms with E-state index in [1.165, 1.54) is 0 Å². The molecule has 206 valence electrons. The number of aromatic nitrogens is 2. The summed E-state index contributed by atoms with van der Waals surface area (Å²) in [7, 11) is 1.56. The Morgan fingerprint density at radius 1 is 1.30 bits per heavy atom. The number of carbonyl (C=O) groups excluding carboxylic acids is 1. The fourth-order valence-corrected chi connectivity index (χ4v) is 4.93. The fraction of sp³-hybridized carbons (Fsp3) is 0.643. The summed E-state index contributed by atoms with van der Waals surface area (Å²) in [5.41, 5.74) is 1.58. The van der Waals surface area contributed by atoms with Gasteiger partial charge in [0.1, 0.15) is 5.75 Å². The number of carbonyl (C=O) groups is 1. The normalized spacial score (nSPS) is 20.3. The maximum absolute atomic E-state index is 13.4. The van der Waals surface area contributed by atoms with Gasteiger partial charge >= 0.3 is 6.61 Å². The zero-order valence-electron chi connectivity index (χ0n) is 22.9. The summed E-state index contributed by atoms with van der Waals surface area (Å²) in [6.45, 7) is 7.92. The molecule has 1 amide bonds. The monoisotopic (exact) mass is 521 g/mol. The Kier molecular flexibility index (Phi) is 9.34. The molecule has 1 aliphatic carbocycles. The second-order valence-corrected chi connectivity index (χ2v) is 11.6. The van der Waals surface area contributed by atoms with E-state index in [1.54, 1.807) is 30.8 Å². The Bertz CT molecular complexity index is 1070. The van der Waals surface area contributed by atoms with Crippen molar-refractivity contribution >= 4 is 5.91 Å². The van der Waals surface area contributed by atoms with E-state index in [4.69, 9.17) is 9.47 Å². The number of alkyl halides is 2. The first-order chi connectivity index (χ1) is 17.3. The van der Waals surface area contributed by atoms with E-state index in [9.17, 15) is 18.7 Å². The standard InChI is InChI=1S/C28H41F2N3O4/c1-18-9-11-28(35,12-10-18)17-31-25(34)23-19(2)24(33(32-23)13-14-36-6)21-8-7-20(16-27(3,4)5)15-22(21)37-26(29)30/h7-8,15,18,26,35H,9-14,16-17H2,1-6H3,(H,31,34). The SMILES string of the molecule is COCCn1nc(C(=O)NCC2(O)CCC(C)CC2)c(C)c1-c1ccc(CC(C)(C)C)cc1OC(F)F. The van der Waals surface area contributed by atoms with E-state index in [-0.39, 0.29) is 23.4 Å². The van der Waals surface area contributed by atoms with Crippen LogP contribution in [0.5, 0.6) is 5.75 Å². The molecule has 0 unspecified atom stereocenters. The third kappa shape index (κ3) is 7.74. The van der Waals surface area contributed by atoms with Crippen molar-refractivity contribution in [2.24, 2.45) is 11.3 Å². The number of ether oxygens (including phenoxy) is 2. The number of hydrogen-bond acceptors (Lipinski definition) is 5. The highest BCUT2D eigenvalue weighted by Crippen LogP contribution is 2.37. The molecule has 2 N–H and O–H groups in total. The van der Waals surface area contributed by atoms with Gasteiger partial charge in [-0.1, -0.05) is 33.8 Å². The molecule has 0 saturated heterocycles. The molecule has 9 heteroatoms. The minimum absolute atomic E-state index is 0.0362. The van der Waals surface area contributed by atoms with Crippen LogP contribution in [0.25, 0.3) is 11.3 Å². The van der Waals surface area contributed by atoms with E-state index < -0.39 is 18.1 Å². The van der Waals surface area contributed by atoms with Gasteiger partial charge in [0, 0.05) is 24.8 Å². The summed E-state index contributed by atoms with van der Waals surface area (Å²) in [6.07, 6.45) is 3.79. The van der Waals surface area contributed by atoms with Crippen LogP contribution in [-0.2, 0) is 17.7 Å². The van der Waals surface area contributed by atoms with Crippen LogP contribution in [0.2, 0.25) is 0 Å². The zero-order valence-corrected chi connectivity index (χ0v) is 22.9. The van der Waals surface area contributed by atoms with Gasteiger partial charge in [0.15, 0.2) is 5.69 Å². The number of halogens is 2. The molecule has 1 aromatic carbocycles. The van der Waals surface area contributed by atoms with Crippen LogP contribution >= 0.6 is 0 Å². The number of methoxy groups -OCH3 is 1. The van der Waals surface area contributed by atoms with Crippen LogP contribution in [0.4, 0.5) is 8.78 Å². The Balaban J connectivity index is 1.96. The molecule has 0 radical (unpaired) electrons. The van der Waals surface area contributed by atoms with E-state index in [1.807, 2.05) is 6.07 Å². The average molecular weight is 522 g/mol. The van der Waals surface area contributed by atoms with Gasteiger partial charge in [-0.05, 0) is 68.1 Å². The molecule has 0 atom stereocenters. The highest BCUT2D eigenvalue weighted by Gasteiger charge is 2.33. The van der Waals surface area contributed by atoms with Gasteiger partial charge < -0.3 is 19.9 Å². The maximum atomic E-state index is 13.4. The number of nitrogens with one attached hydrogen (secondary N) is 1. The predicted octanol–water partition coefficient (Wildman–Crippen LogP) is 5.37. The lowest BCUT2D eigenvalue weighted by Crippen LogP contribution is -2.45. The molecule has 0 bridgehead atoms. The Morgan fingerprint density at radius 2 is 1.97 bits per heavy atom. The van der Waals surface area contributed by atoms with Crippen LogP contribution in [0.1, 0.15) is 75.0 Å². The summed E-state index contributed by atoms with van der Waals surface area (Å²) < 4.78 is 38.6. The van der Waals surface area contributed by atoms with Gasteiger partial charge in [0.05, 0.1) is 24.4 Å². The van der Waals surface area contributed by atoms with Gasteiger partial charge in [-0.2, -0.15) is 13.9 Å². The lowest BCUT2D eigenvalue weighted by Gasteiger charge is -2.34. The van der Waals surface area contributed by atoms with Gasteiger partial charge in [0.25, 0.3) is 5.91 Å². The lowest BCUT2D eigenvalue weighted by molar-refractivity contribution is -0.0495. The minimum Gasteiger partial charge on any atom is -0.434 e. The molecule has 2 aromatic rings. The summed E-state index contributed by atoms with van der Waals surface area (Å²) in [6, 6.07) is 5.28. The molecule has 1 aliphatic rings. The molecule has 0 aliphatic heterocycles. The molecule has 1 heterocycles. The van der Waals surface area contributed by atoms with Crippen LogP contribution in [0.15, 0.2) is 18.2 Å². The summed E-state index contributed by atoms with van der Waals surface area (Å²) >= 11 is 0. The number of aliphatic hydroxyl groups is 1. The van der Waals surface area contributed by atoms with Crippen molar-refractivity contribution in [2.75, 3.05) is 20.3 Å². The number of rotatable bonds is 10. The fourth-order valence-electron chi connectivity index (χ4n) is 4.93. The summed E-state index contributed by atoms with van der Waals surface area (Å²) in [5.74, 6) is 0.190. The van der Waals surface area contributed by atoms with E-state index in [2.05, 4.69) is 38.1 Å². The van der Waals surface area contributed by atoms with Crippen molar-refractivity contribution in [1.29, 1.82) is 0 Å². The van der Waals surface area contributed by atoms with Crippen molar-refractivity contribution in [2.45, 2.75) is 85.5 Å². The maximum Gasteiger partial charge on any atom is 0.387 e. The number of amides is 1. The highest BCUT2D eigenvalue weighted by molar-refractivity contribution is 5.95. The third-order valence-corrected chi connectivity index (χ3v) is 6.95. The predicted molar refractivity (Wildman–Crippen MR) is 139 cm³/mol. The van der Waals surface area contributed by atoms with Crippen LogP contribution in [0.3, 0.4) is 0 Å². The molecule has 37 heavy (non-hydrogen) atoms. The molecular formula is C28H41F2N3O4. The quantitative estimate of drug-likeness (QED) is 0.439. The van der Waals surface area contributed by atoms with Crippen LogP contribution in [0, 0.1) is 18.3 Å². The van der Waals surface area contributed by atoms with Crippen molar-refractivity contribution in [3.05, 3.63) is 35.0 Å². The van der Waals surface area contributed by atoms with Gasteiger partial charge in [-0.3, -0.25) is 9.48 Å². The van der Waals surface area contributed by atoms with Crippen molar-refractivity contribution in [1.82, 2.24) is 15.1 Å². The largest absolute Gasteiger partial charge is 0.434 e. The highest BCUT2D eigenvalue weighted by atomic mass is 19.3. The topological polar surface area (TPSA) is 85.6 Å². The Hall–Kier alpha value is -2.52. The third-order valence-electron chi connectivity index (χ3n) is 6.95. The minimum atomic E-state index is -3.00. The lowest BCUT2D eigenvalue weighted by atomic mass is 9.79. The van der Waals surface area contributed by atoms with Gasteiger partial charge in [-0.15, -0.1) is 0 Å². The second kappa shape index (κ2) is 11.9. The Labute approximate surface area is 218 Å². The Morgan fingerprint density at radius 3 is 2.57 bits per heavy atom. The second-order valence-electron chi connectivity index (χ2n) is 11.6. The van der Waals surface area contributed by atoms with Crippen molar-refractivity contribution in [3.8, 4) is 17.0 Å². The number of benzene rings is 1. The number of hydrogen-bond donors (Lipinski definition) is 2. The molecule has 0 spiro atoms. The first-order valence-corrected chi connectivity index (χ1v) is 13.0. The van der Waals surface area contributed by atoms with Crippen LogP contribution < -0.4 is 10.1 Å². The smallest absolute Gasteiger partial charge is 0.387 e. The van der Waals surface area contributed by atoms with E-state index >= 15 is 0 Å². The molecule has 1 saturated carbocycles. The molecule has 3 rings (SSSR count). The molecule has 1 aromatic heterocycles. The average Bonchev–Trinajstić information content (AvgIpc) is 3.13. The van der Waals surface area contributed by atoms with E-state index in [0.29, 0.717) is 55.2 Å². The molecule has 1 fully saturated rings. The van der Waals surface area contributed by atoms with Crippen LogP contribution in [-0.4, -0.2) is 53.3 Å². The first kappa shape index (κ1) is 29.0. The summed E-state index contributed by atoms with van der Waals surface area (Å²) in [4.78, 5) is 13.2. The van der Waals surface area contributed by atoms with Crippen molar-refractivity contribution in [3.63, 3.8) is 0 Å². The molecule has 7 nitrogen and oxygen atoms in total. The van der Waals surface area contributed by atoms with E-state index in [0.717, 1.165) is 18.4 Å². The first-order valence-electron chi connectivity index (χ1n) is 13.0. The number of nitrogens with zero attached hydrogens (tertiary/aromatic N) is 2. The van der Waals surface area contributed by atoms with Crippen molar-refractivity contribution < 1.29 is 28.2 Å². The van der Waals surface area contributed by atoms with Gasteiger partial charge in [-0.25, -0.2) is 0 Å². The molecular weight excluding hydrogens is 480 g/mol. The zero-order chi connectivity index (χ0) is 27.4. The van der Waals surface area contributed by atoms with Gasteiger partial charge in [0.2, 0.25) is 0 Å².